The topological polar surface area (TPSA) is 59.5 Å². The lowest BCUT2D eigenvalue weighted by Gasteiger charge is -2.57. The molecule has 0 aliphatic heterocycles. The molecule has 5 aliphatic rings. The van der Waals surface area contributed by atoms with Crippen LogP contribution in [0.5, 0.6) is 0 Å². The number of rotatable bonds is 3. The lowest BCUT2D eigenvalue weighted by Crippen LogP contribution is -2.52. The fourth-order valence-electron chi connectivity index (χ4n) is 9.41. The molecule has 31 heavy (non-hydrogen) atoms. The molecule has 5 aliphatic carbocycles. The minimum absolute atomic E-state index is 0.147. The van der Waals surface area contributed by atoms with Crippen molar-refractivity contribution < 1.29 is 9.90 Å². The summed E-state index contributed by atoms with van der Waals surface area (Å²) in [6.07, 6.45) is 11.2. The zero-order valence-corrected chi connectivity index (χ0v) is 18.8. The molecular weight excluding hydrogens is 386 g/mol. The summed E-state index contributed by atoms with van der Waals surface area (Å²) >= 11 is 0. The molecule has 1 aromatic rings. The molecule has 10 atom stereocenters. The van der Waals surface area contributed by atoms with Crippen LogP contribution in [0.3, 0.4) is 0 Å². The molecule has 0 radical (unpaired) electrons. The Morgan fingerprint density at radius 2 is 1.97 bits per heavy atom. The number of nitrogens with zero attached hydrogens (tertiary/aromatic N) is 3. The van der Waals surface area contributed by atoms with E-state index < -0.39 is 5.60 Å². The quantitative estimate of drug-likeness (QED) is 0.708. The van der Waals surface area contributed by atoms with Gasteiger partial charge in [0.05, 0.1) is 5.60 Å². The number of fused-ring (bicyclic) bond motifs is 7. The van der Waals surface area contributed by atoms with Crippen LogP contribution in [-0.4, -0.2) is 26.3 Å². The molecule has 0 bridgehead atoms. The Bertz CT molecular complexity index is 945. The number of ketones is 1. The van der Waals surface area contributed by atoms with Crippen molar-refractivity contribution in [3.8, 4) is 0 Å². The second-order valence-electron chi connectivity index (χ2n) is 12.1. The molecule has 0 unspecified atom stereocenters. The number of hydrogen-bond donors (Lipinski definition) is 1. The van der Waals surface area contributed by atoms with Crippen molar-refractivity contribution in [1.82, 2.24) is 9.78 Å². The number of aliphatic hydroxyl groups is 1. The molecule has 1 N–H and O–H groups in total. The van der Waals surface area contributed by atoms with E-state index in [0.717, 1.165) is 36.5 Å². The van der Waals surface area contributed by atoms with E-state index in [1.54, 1.807) is 16.9 Å². The molecule has 5 fully saturated rings. The predicted octanol–water partition coefficient (Wildman–Crippen LogP) is 4.88. The van der Waals surface area contributed by atoms with Gasteiger partial charge in [0.2, 0.25) is 0 Å². The van der Waals surface area contributed by atoms with Gasteiger partial charge in [0.25, 0.3) is 5.82 Å². The summed E-state index contributed by atoms with van der Waals surface area (Å²) in [6.45, 7) is 11.9. The number of Topliss-reactive ketones (excluding diaryl/α,β-unsaturated/α-hetero) is 1. The van der Waals surface area contributed by atoms with E-state index in [2.05, 4.69) is 16.9 Å². The number of carbonyl (C=O) groups is 1. The Balaban J connectivity index is 1.22. The van der Waals surface area contributed by atoms with Crippen molar-refractivity contribution in [2.24, 2.45) is 52.8 Å². The van der Waals surface area contributed by atoms with E-state index >= 15 is 0 Å². The molecule has 1 aromatic heterocycles. The molecule has 5 heteroatoms. The van der Waals surface area contributed by atoms with Gasteiger partial charge in [-0.25, -0.2) is 0 Å². The molecule has 166 valence electrons. The second-order valence-corrected chi connectivity index (χ2v) is 12.1. The van der Waals surface area contributed by atoms with Gasteiger partial charge >= 0.3 is 0 Å². The zero-order valence-electron chi connectivity index (χ0n) is 18.8. The number of hydrogen-bond acceptors (Lipinski definition) is 3. The maximum Gasteiger partial charge on any atom is 0.295 e. The molecule has 0 aromatic carbocycles. The van der Waals surface area contributed by atoms with Crippen molar-refractivity contribution in [2.75, 3.05) is 0 Å². The van der Waals surface area contributed by atoms with Crippen LogP contribution in [0.2, 0.25) is 0 Å². The van der Waals surface area contributed by atoms with Gasteiger partial charge in [-0.05, 0) is 116 Å². The summed E-state index contributed by atoms with van der Waals surface area (Å²) in [5.41, 5.74) is -0.308. The Hall–Kier alpha value is -1.67. The van der Waals surface area contributed by atoms with Gasteiger partial charge in [0.15, 0.2) is 5.78 Å². The minimum Gasteiger partial charge on any atom is -0.390 e. The zero-order chi connectivity index (χ0) is 21.5. The van der Waals surface area contributed by atoms with E-state index in [1.165, 1.54) is 38.5 Å². The number of aromatic nitrogens is 2. The lowest BCUT2D eigenvalue weighted by molar-refractivity contribution is -0.136. The molecule has 0 spiro atoms. The van der Waals surface area contributed by atoms with Gasteiger partial charge in [0, 0.05) is 12.1 Å². The van der Waals surface area contributed by atoms with Crippen molar-refractivity contribution in [1.29, 1.82) is 0 Å². The van der Waals surface area contributed by atoms with Crippen LogP contribution in [-0.2, 0) is 11.3 Å². The maximum atomic E-state index is 13.5. The Morgan fingerprint density at radius 3 is 2.74 bits per heavy atom. The van der Waals surface area contributed by atoms with Gasteiger partial charge in [-0.3, -0.25) is 4.79 Å². The smallest absolute Gasteiger partial charge is 0.295 e. The average molecular weight is 422 g/mol. The lowest BCUT2D eigenvalue weighted by atomic mass is 9.48. The van der Waals surface area contributed by atoms with Crippen molar-refractivity contribution in [3.63, 3.8) is 0 Å². The molecule has 6 rings (SSSR count). The van der Waals surface area contributed by atoms with Gasteiger partial charge in [-0.2, -0.15) is 4.68 Å². The first-order valence-corrected chi connectivity index (χ1v) is 12.5. The van der Waals surface area contributed by atoms with E-state index in [-0.39, 0.29) is 11.3 Å². The second kappa shape index (κ2) is 6.67. The molecule has 5 saturated carbocycles. The highest BCUT2D eigenvalue weighted by atomic mass is 16.3. The first kappa shape index (κ1) is 20.0. The third-order valence-electron chi connectivity index (χ3n) is 10.4. The largest absolute Gasteiger partial charge is 0.390 e. The fourth-order valence-corrected chi connectivity index (χ4v) is 9.41. The van der Waals surface area contributed by atoms with Crippen LogP contribution >= 0.6 is 0 Å². The van der Waals surface area contributed by atoms with Gasteiger partial charge in [-0.1, -0.05) is 13.5 Å². The highest BCUT2D eigenvalue weighted by molar-refractivity contribution is 5.83. The van der Waals surface area contributed by atoms with Crippen molar-refractivity contribution in [3.05, 3.63) is 23.7 Å². The van der Waals surface area contributed by atoms with Crippen molar-refractivity contribution in [2.45, 2.75) is 77.4 Å². The monoisotopic (exact) mass is 421 g/mol. The SMILES string of the molecule is [C-]#[N+]c1ccn(CC(=O)[C@@H]2[C@H]3C[C@H]3[C@H]3[C@@H]4CC[C@@H]5C[C@](C)(O)CC[C@@H]5[C@H]4CC[C@@]32C)n1. The van der Waals surface area contributed by atoms with Crippen molar-refractivity contribution >= 4 is 11.6 Å². The summed E-state index contributed by atoms with van der Waals surface area (Å²) in [7, 11) is 0. The summed E-state index contributed by atoms with van der Waals surface area (Å²) in [6, 6.07) is 1.70. The Labute approximate surface area is 185 Å². The molecular formula is C26H35N3O2. The summed E-state index contributed by atoms with van der Waals surface area (Å²) in [5, 5.41) is 14.9. The molecule has 1 heterocycles. The van der Waals surface area contributed by atoms with Gasteiger partial charge < -0.3 is 9.95 Å². The first-order chi connectivity index (χ1) is 14.8. The van der Waals surface area contributed by atoms with E-state index in [0.29, 0.717) is 35.9 Å². The highest BCUT2D eigenvalue weighted by Crippen LogP contribution is 2.74. The predicted molar refractivity (Wildman–Crippen MR) is 117 cm³/mol. The summed E-state index contributed by atoms with van der Waals surface area (Å²) in [5.74, 6) is 6.05. The maximum absolute atomic E-state index is 13.5. The Morgan fingerprint density at radius 1 is 1.16 bits per heavy atom. The average Bonchev–Trinajstić information content (AvgIpc) is 3.23. The standard InChI is InChI=1S/C26H35N3O2/c1-25(31)9-6-16-15(13-25)4-5-18-17(16)7-10-26(2)23(18)19-12-20(19)24(26)21(30)14-29-11-8-22(27-3)28-29/h8,11,15-20,23-24,31H,4-7,9-10,12-14H2,1-2H3/t15-,16+,17-,18-,19-,20+,23-,24+,25-,26+/m1/s1. The minimum atomic E-state index is -0.455. The molecule has 0 saturated heterocycles. The van der Waals surface area contributed by atoms with Crippen LogP contribution in [0, 0.1) is 59.3 Å². The van der Waals surface area contributed by atoms with Gasteiger partial charge in [0.1, 0.15) is 6.54 Å². The molecule has 5 nitrogen and oxygen atoms in total. The van der Waals surface area contributed by atoms with Crippen LogP contribution < -0.4 is 0 Å². The molecule has 0 amide bonds. The third kappa shape index (κ3) is 2.97. The summed E-state index contributed by atoms with van der Waals surface area (Å²) < 4.78 is 1.68. The van der Waals surface area contributed by atoms with Crippen LogP contribution in [0.15, 0.2) is 12.3 Å². The van der Waals surface area contributed by atoms with Crippen LogP contribution in [0.1, 0.15) is 65.2 Å². The van der Waals surface area contributed by atoms with Crippen LogP contribution in [0.25, 0.3) is 4.85 Å². The first-order valence-electron chi connectivity index (χ1n) is 12.5. The highest BCUT2D eigenvalue weighted by Gasteiger charge is 2.70. The van der Waals surface area contributed by atoms with E-state index in [1.807, 2.05) is 6.92 Å². The van der Waals surface area contributed by atoms with Gasteiger partial charge in [-0.15, -0.1) is 0 Å². The summed E-state index contributed by atoms with van der Waals surface area (Å²) in [4.78, 5) is 16.9. The fraction of sp³-hybridized carbons (Fsp3) is 0.808. The third-order valence-corrected chi connectivity index (χ3v) is 10.4. The number of carbonyl (C=O) groups excluding carboxylic acids is 1. The van der Waals surface area contributed by atoms with Crippen LogP contribution in [0.4, 0.5) is 5.82 Å². The van der Waals surface area contributed by atoms with E-state index in [9.17, 15) is 9.90 Å². The Kier molecular flexibility index (Phi) is 4.30. The normalized spacial score (nSPS) is 49.9. The van der Waals surface area contributed by atoms with E-state index in [4.69, 9.17) is 6.57 Å².